The normalized spacial score (nSPS) is 15.0. The monoisotopic (exact) mass is 500 g/mol. The summed E-state index contributed by atoms with van der Waals surface area (Å²) in [7, 11) is 4.65. The zero-order valence-corrected chi connectivity index (χ0v) is 21.3. The summed E-state index contributed by atoms with van der Waals surface area (Å²) in [5.41, 5.74) is 2.08. The summed E-state index contributed by atoms with van der Waals surface area (Å²) in [6.07, 6.45) is 0.385. The van der Waals surface area contributed by atoms with E-state index in [0.717, 1.165) is 11.1 Å². The van der Waals surface area contributed by atoms with Crippen molar-refractivity contribution in [3.63, 3.8) is 0 Å². The highest BCUT2D eigenvalue weighted by Crippen LogP contribution is 2.36. The smallest absolute Gasteiger partial charge is 0.318 e. The number of urea groups is 1. The van der Waals surface area contributed by atoms with E-state index >= 15 is 0 Å². The number of rotatable bonds is 10. The van der Waals surface area contributed by atoms with Gasteiger partial charge in [-0.15, -0.1) is 0 Å². The largest absolute Gasteiger partial charge is 0.497 e. The Bertz CT molecular complexity index is 1090. The van der Waals surface area contributed by atoms with E-state index in [0.29, 0.717) is 23.6 Å². The average molecular weight is 501 g/mol. The first-order valence-corrected chi connectivity index (χ1v) is 11.7. The number of halogens is 1. The van der Waals surface area contributed by atoms with Gasteiger partial charge in [0.2, 0.25) is 0 Å². The van der Waals surface area contributed by atoms with E-state index in [9.17, 15) is 14.0 Å². The lowest BCUT2D eigenvalue weighted by Crippen LogP contribution is -2.48. The first-order valence-electron chi connectivity index (χ1n) is 11.7. The van der Waals surface area contributed by atoms with Crippen LogP contribution in [-0.4, -0.2) is 74.6 Å². The van der Waals surface area contributed by atoms with Crippen LogP contribution in [-0.2, 0) is 9.53 Å². The number of methoxy groups -OCH3 is 3. The van der Waals surface area contributed by atoms with Crippen molar-refractivity contribution in [1.29, 1.82) is 0 Å². The van der Waals surface area contributed by atoms with Crippen molar-refractivity contribution in [2.24, 2.45) is 5.10 Å². The molecule has 36 heavy (non-hydrogen) atoms. The molecule has 0 saturated carbocycles. The molecule has 0 bridgehead atoms. The van der Waals surface area contributed by atoms with Gasteiger partial charge >= 0.3 is 6.03 Å². The van der Waals surface area contributed by atoms with Crippen LogP contribution in [0.25, 0.3) is 0 Å². The van der Waals surface area contributed by atoms with Gasteiger partial charge in [-0.25, -0.2) is 14.2 Å². The Balaban J connectivity index is 1.94. The highest BCUT2D eigenvalue weighted by atomic mass is 19.1. The molecule has 10 heteroatoms. The third-order valence-corrected chi connectivity index (χ3v) is 5.73. The van der Waals surface area contributed by atoms with Gasteiger partial charge in [-0.05, 0) is 43.7 Å². The standard InChI is InChI=1S/C26H33FN4O5/c1-17(2)28-26(33)30(12-13-34-3)16-25(32)31-23(18-6-8-19(27)9-7-18)15-22(29-31)21-11-10-20(35-4)14-24(21)36-5/h6-11,14,17,23H,12-13,15-16H2,1-5H3,(H,28,33)/t23-/m0/s1. The number of benzene rings is 2. The molecule has 0 radical (unpaired) electrons. The van der Waals surface area contributed by atoms with Crippen molar-refractivity contribution >= 4 is 17.6 Å². The Morgan fingerprint density at radius 1 is 1.14 bits per heavy atom. The molecule has 3 rings (SSSR count). The molecule has 1 N–H and O–H groups in total. The fourth-order valence-corrected chi connectivity index (χ4v) is 3.91. The molecule has 0 aromatic heterocycles. The van der Waals surface area contributed by atoms with Gasteiger partial charge in [-0.2, -0.15) is 5.10 Å². The highest BCUT2D eigenvalue weighted by molar-refractivity contribution is 6.05. The Kier molecular flexibility index (Phi) is 9.24. The number of nitrogens with zero attached hydrogens (tertiary/aromatic N) is 3. The minimum absolute atomic E-state index is 0.0939. The lowest BCUT2D eigenvalue weighted by atomic mass is 9.97. The molecule has 2 aromatic carbocycles. The van der Waals surface area contributed by atoms with Crippen LogP contribution >= 0.6 is 0 Å². The van der Waals surface area contributed by atoms with Crippen LogP contribution in [0.15, 0.2) is 47.6 Å². The van der Waals surface area contributed by atoms with Gasteiger partial charge in [0.25, 0.3) is 5.91 Å². The summed E-state index contributed by atoms with van der Waals surface area (Å²) >= 11 is 0. The van der Waals surface area contributed by atoms with E-state index in [2.05, 4.69) is 10.4 Å². The molecule has 0 aliphatic carbocycles. The molecule has 194 valence electrons. The van der Waals surface area contributed by atoms with Gasteiger partial charge in [0, 0.05) is 37.7 Å². The maximum Gasteiger partial charge on any atom is 0.318 e. The third-order valence-electron chi connectivity index (χ3n) is 5.73. The summed E-state index contributed by atoms with van der Waals surface area (Å²) in [6, 6.07) is 10.4. The zero-order valence-electron chi connectivity index (χ0n) is 21.3. The maximum atomic E-state index is 13.6. The van der Waals surface area contributed by atoms with Crippen LogP contribution in [0.4, 0.5) is 9.18 Å². The molecule has 2 aromatic rings. The Morgan fingerprint density at radius 2 is 1.86 bits per heavy atom. The minimum Gasteiger partial charge on any atom is -0.497 e. The zero-order chi connectivity index (χ0) is 26.2. The van der Waals surface area contributed by atoms with Gasteiger partial charge in [-0.1, -0.05) is 12.1 Å². The van der Waals surface area contributed by atoms with Crippen LogP contribution in [0.3, 0.4) is 0 Å². The molecule has 1 aliphatic heterocycles. The SMILES string of the molecule is COCCN(CC(=O)N1N=C(c2ccc(OC)cc2OC)C[C@H]1c1ccc(F)cc1)C(=O)NC(C)C. The molecular weight excluding hydrogens is 467 g/mol. The molecule has 3 amide bonds. The van der Waals surface area contributed by atoms with Crippen LogP contribution in [0.1, 0.15) is 37.4 Å². The number of carbonyl (C=O) groups excluding carboxylic acids is 2. The summed E-state index contributed by atoms with van der Waals surface area (Å²) in [4.78, 5) is 27.6. The van der Waals surface area contributed by atoms with Crippen molar-refractivity contribution in [3.8, 4) is 11.5 Å². The number of hydrazone groups is 1. The summed E-state index contributed by atoms with van der Waals surface area (Å²) in [5, 5.41) is 8.83. The molecule has 9 nitrogen and oxygen atoms in total. The summed E-state index contributed by atoms with van der Waals surface area (Å²) < 4.78 is 29.6. The topological polar surface area (TPSA) is 92.7 Å². The Hall–Kier alpha value is -3.66. The molecule has 1 heterocycles. The van der Waals surface area contributed by atoms with E-state index < -0.39 is 6.04 Å². The van der Waals surface area contributed by atoms with Crippen LogP contribution in [0.5, 0.6) is 11.5 Å². The maximum absolute atomic E-state index is 13.6. The molecule has 1 aliphatic rings. The van der Waals surface area contributed by atoms with Crippen LogP contribution in [0, 0.1) is 5.82 Å². The van der Waals surface area contributed by atoms with E-state index in [1.165, 1.54) is 29.2 Å². The fourth-order valence-electron chi connectivity index (χ4n) is 3.91. The number of ether oxygens (including phenoxy) is 3. The Morgan fingerprint density at radius 3 is 2.47 bits per heavy atom. The molecule has 0 fully saturated rings. The lowest BCUT2D eigenvalue weighted by Gasteiger charge is -2.27. The van der Waals surface area contributed by atoms with E-state index in [1.54, 1.807) is 38.5 Å². The fraction of sp³-hybridized carbons (Fsp3) is 0.423. The van der Waals surface area contributed by atoms with Gasteiger partial charge in [0.1, 0.15) is 23.9 Å². The number of hydrogen-bond acceptors (Lipinski definition) is 6. The van der Waals surface area contributed by atoms with Crippen molar-refractivity contribution in [3.05, 3.63) is 59.4 Å². The summed E-state index contributed by atoms with van der Waals surface area (Å²) in [5.74, 6) is 0.436. The van der Waals surface area contributed by atoms with Crippen LogP contribution in [0.2, 0.25) is 0 Å². The average Bonchev–Trinajstić information content (AvgIpc) is 3.31. The van der Waals surface area contributed by atoms with Gasteiger partial charge in [0.05, 0.1) is 32.6 Å². The molecule has 0 saturated heterocycles. The highest BCUT2D eigenvalue weighted by Gasteiger charge is 2.35. The second kappa shape index (κ2) is 12.3. The second-order valence-corrected chi connectivity index (χ2v) is 8.64. The number of hydrogen-bond donors (Lipinski definition) is 1. The minimum atomic E-state index is -0.475. The van der Waals surface area contributed by atoms with Gasteiger partial charge in [0.15, 0.2) is 0 Å². The quantitative estimate of drug-likeness (QED) is 0.538. The summed E-state index contributed by atoms with van der Waals surface area (Å²) in [6.45, 7) is 4.00. The molecule has 1 atom stereocenters. The van der Waals surface area contributed by atoms with Gasteiger partial charge < -0.3 is 24.4 Å². The molecular formula is C26H33FN4O5. The Labute approximate surface area is 210 Å². The molecule has 0 spiro atoms. The van der Waals surface area contributed by atoms with Crippen molar-refractivity contribution in [2.75, 3.05) is 41.0 Å². The lowest BCUT2D eigenvalue weighted by molar-refractivity contribution is -0.133. The second-order valence-electron chi connectivity index (χ2n) is 8.64. The van der Waals surface area contributed by atoms with Crippen molar-refractivity contribution in [2.45, 2.75) is 32.4 Å². The first-order chi connectivity index (χ1) is 17.3. The molecule has 0 unspecified atom stereocenters. The van der Waals surface area contributed by atoms with E-state index in [4.69, 9.17) is 14.2 Å². The first kappa shape index (κ1) is 26.9. The van der Waals surface area contributed by atoms with Crippen LogP contribution < -0.4 is 14.8 Å². The van der Waals surface area contributed by atoms with Crippen molar-refractivity contribution < 1.29 is 28.2 Å². The number of carbonyl (C=O) groups is 2. The van der Waals surface area contributed by atoms with E-state index in [1.807, 2.05) is 19.9 Å². The van der Waals surface area contributed by atoms with Crippen molar-refractivity contribution in [1.82, 2.24) is 15.2 Å². The number of amides is 3. The van der Waals surface area contributed by atoms with Gasteiger partial charge in [-0.3, -0.25) is 4.79 Å². The van der Waals surface area contributed by atoms with E-state index in [-0.39, 0.29) is 43.5 Å². The number of nitrogens with one attached hydrogen (secondary N) is 1. The predicted molar refractivity (Wildman–Crippen MR) is 134 cm³/mol. The predicted octanol–water partition coefficient (Wildman–Crippen LogP) is 3.59. The third kappa shape index (κ3) is 6.51.